The average Bonchev–Trinajstić information content (AvgIpc) is 2.42. The number of aromatic hydroxyl groups is 1. The van der Waals surface area contributed by atoms with Crippen LogP contribution in [0.1, 0.15) is 10.4 Å². The molecule has 2 aromatic rings. The van der Waals surface area contributed by atoms with Gasteiger partial charge in [-0.25, -0.2) is 4.39 Å². The lowest BCUT2D eigenvalue weighted by Gasteiger charge is -2.08. The molecule has 2 N–H and O–H groups in total. The van der Waals surface area contributed by atoms with Crippen molar-refractivity contribution in [1.82, 2.24) is 0 Å². The summed E-state index contributed by atoms with van der Waals surface area (Å²) in [6, 6.07) is 6.74. The van der Waals surface area contributed by atoms with Crippen molar-refractivity contribution < 1.29 is 19.2 Å². The summed E-state index contributed by atoms with van der Waals surface area (Å²) in [4.78, 5) is 22.2. The Kier molecular flexibility index (Phi) is 4.18. The summed E-state index contributed by atoms with van der Waals surface area (Å²) in [6.45, 7) is 0. The third-order valence-electron chi connectivity index (χ3n) is 2.60. The molecule has 0 radical (unpaired) electrons. The Bertz CT molecular complexity index is 736. The molecule has 2 aromatic carbocycles. The molecule has 0 aromatic heterocycles. The Balaban J connectivity index is 2.39. The maximum absolute atomic E-state index is 13.2. The van der Waals surface area contributed by atoms with Crippen molar-refractivity contribution in [3.8, 4) is 5.75 Å². The van der Waals surface area contributed by atoms with Crippen LogP contribution in [0.25, 0.3) is 0 Å². The van der Waals surface area contributed by atoms with Crippen LogP contribution in [0, 0.1) is 15.9 Å². The molecule has 0 unspecified atom stereocenters. The van der Waals surface area contributed by atoms with Gasteiger partial charge in [-0.2, -0.15) is 0 Å². The summed E-state index contributed by atoms with van der Waals surface area (Å²) in [5.41, 5.74) is -0.661. The topological polar surface area (TPSA) is 92.5 Å². The number of phenols is 1. The summed E-state index contributed by atoms with van der Waals surface area (Å²) in [7, 11) is 0. The fraction of sp³-hybridized carbons (Fsp3) is 0. The van der Waals surface area contributed by atoms with Crippen LogP contribution in [0.15, 0.2) is 40.9 Å². The third kappa shape index (κ3) is 3.34. The second-order valence-electron chi connectivity index (χ2n) is 4.04. The van der Waals surface area contributed by atoms with E-state index in [1.54, 1.807) is 0 Å². The molecule has 0 aliphatic carbocycles. The van der Waals surface area contributed by atoms with Crippen LogP contribution in [0.4, 0.5) is 15.8 Å². The van der Waals surface area contributed by atoms with E-state index in [1.807, 2.05) is 0 Å². The number of anilines is 1. The molecule has 1 amide bonds. The average molecular weight is 355 g/mol. The minimum atomic E-state index is -0.830. The molecule has 0 fully saturated rings. The first-order valence-corrected chi connectivity index (χ1v) is 6.41. The quantitative estimate of drug-likeness (QED) is 0.652. The zero-order valence-corrected chi connectivity index (χ0v) is 11.9. The lowest BCUT2D eigenvalue weighted by atomic mass is 10.1. The van der Waals surface area contributed by atoms with Gasteiger partial charge in [0.05, 0.1) is 10.6 Å². The molecule has 0 heterocycles. The largest absolute Gasteiger partial charge is 0.508 e. The molecular formula is C13H8BrFN2O4. The van der Waals surface area contributed by atoms with Crippen LogP contribution in [-0.4, -0.2) is 15.9 Å². The molecule has 2 rings (SSSR count). The smallest absolute Gasteiger partial charge is 0.282 e. The molecule has 0 saturated carbocycles. The number of carbonyl (C=O) groups is 1. The predicted octanol–water partition coefficient (Wildman–Crippen LogP) is 3.45. The van der Waals surface area contributed by atoms with Gasteiger partial charge in [0.2, 0.25) is 0 Å². The maximum Gasteiger partial charge on any atom is 0.282 e. The number of carbonyl (C=O) groups excluding carboxylic acids is 1. The summed E-state index contributed by atoms with van der Waals surface area (Å²) >= 11 is 3.13. The van der Waals surface area contributed by atoms with Gasteiger partial charge in [0, 0.05) is 10.5 Å². The number of benzene rings is 2. The van der Waals surface area contributed by atoms with Crippen LogP contribution >= 0.6 is 15.9 Å². The molecule has 0 aliphatic rings. The Hall–Kier alpha value is -2.48. The van der Waals surface area contributed by atoms with Crippen molar-refractivity contribution in [2.24, 2.45) is 0 Å². The molecule has 108 valence electrons. The fourth-order valence-electron chi connectivity index (χ4n) is 1.65. The lowest BCUT2D eigenvalue weighted by Crippen LogP contribution is -2.14. The van der Waals surface area contributed by atoms with Crippen LogP contribution in [0.2, 0.25) is 0 Å². The number of nitrogens with zero attached hydrogens (tertiary/aromatic N) is 1. The number of nitrogens with one attached hydrogen (secondary N) is 1. The van der Waals surface area contributed by atoms with Gasteiger partial charge in [-0.3, -0.25) is 14.9 Å². The number of hydrogen-bond donors (Lipinski definition) is 2. The highest BCUT2D eigenvalue weighted by atomic mass is 79.9. The van der Waals surface area contributed by atoms with E-state index in [1.165, 1.54) is 12.1 Å². The summed E-state index contributed by atoms with van der Waals surface area (Å²) < 4.78 is 13.6. The number of nitro groups is 1. The zero-order chi connectivity index (χ0) is 15.6. The molecule has 0 atom stereocenters. The standard InChI is InChI=1S/C13H8BrFN2O4/c14-10-3-1-7(15)5-11(10)16-13(19)9-6-8(18)2-4-12(9)17(20)21/h1-6,18H,(H,16,19). The van der Waals surface area contributed by atoms with E-state index in [-0.39, 0.29) is 17.0 Å². The van der Waals surface area contributed by atoms with Gasteiger partial charge < -0.3 is 10.4 Å². The predicted molar refractivity (Wildman–Crippen MR) is 76.8 cm³/mol. The third-order valence-corrected chi connectivity index (χ3v) is 3.29. The second-order valence-corrected chi connectivity index (χ2v) is 4.89. The first-order valence-electron chi connectivity index (χ1n) is 5.62. The molecule has 0 aliphatic heterocycles. The highest BCUT2D eigenvalue weighted by Crippen LogP contribution is 2.27. The van der Waals surface area contributed by atoms with E-state index >= 15 is 0 Å². The van der Waals surface area contributed by atoms with Crippen LogP contribution in [0.3, 0.4) is 0 Å². The van der Waals surface area contributed by atoms with Crippen molar-refractivity contribution >= 4 is 33.2 Å². The van der Waals surface area contributed by atoms with Crippen LogP contribution in [0.5, 0.6) is 5.75 Å². The molecule has 0 saturated heterocycles. The van der Waals surface area contributed by atoms with Gasteiger partial charge >= 0.3 is 0 Å². The minimum absolute atomic E-state index is 0.123. The number of hydrogen-bond acceptors (Lipinski definition) is 4. The summed E-state index contributed by atoms with van der Waals surface area (Å²) in [5, 5.41) is 22.6. The van der Waals surface area contributed by atoms with E-state index in [0.29, 0.717) is 4.47 Å². The molecule has 0 spiro atoms. The SMILES string of the molecule is O=C(Nc1cc(F)ccc1Br)c1cc(O)ccc1[N+](=O)[O-]. The van der Waals surface area contributed by atoms with Gasteiger partial charge in [0.25, 0.3) is 11.6 Å². The molecule has 0 bridgehead atoms. The summed E-state index contributed by atoms with van der Waals surface area (Å²) in [5.74, 6) is -1.69. The second kappa shape index (κ2) is 5.88. The van der Waals surface area contributed by atoms with Crippen molar-refractivity contribution in [2.45, 2.75) is 0 Å². The fourth-order valence-corrected chi connectivity index (χ4v) is 1.99. The van der Waals surface area contributed by atoms with Crippen molar-refractivity contribution in [1.29, 1.82) is 0 Å². The minimum Gasteiger partial charge on any atom is -0.508 e. The van der Waals surface area contributed by atoms with Crippen molar-refractivity contribution in [3.63, 3.8) is 0 Å². The van der Waals surface area contributed by atoms with Crippen molar-refractivity contribution in [2.75, 3.05) is 5.32 Å². The van der Waals surface area contributed by atoms with E-state index in [2.05, 4.69) is 21.2 Å². The summed E-state index contributed by atoms with van der Waals surface area (Å²) in [6.07, 6.45) is 0. The number of rotatable bonds is 3. The highest BCUT2D eigenvalue weighted by Gasteiger charge is 2.21. The van der Waals surface area contributed by atoms with E-state index in [4.69, 9.17) is 0 Å². The lowest BCUT2D eigenvalue weighted by molar-refractivity contribution is -0.385. The Morgan fingerprint density at radius 3 is 2.67 bits per heavy atom. The molecule has 6 nitrogen and oxygen atoms in total. The monoisotopic (exact) mass is 354 g/mol. The normalized spacial score (nSPS) is 10.2. The van der Waals surface area contributed by atoms with Gasteiger partial charge in [0.1, 0.15) is 17.1 Å². The maximum atomic E-state index is 13.2. The van der Waals surface area contributed by atoms with Gasteiger partial charge in [-0.1, -0.05) is 0 Å². The number of phenolic OH excluding ortho intramolecular Hbond substituents is 1. The number of amides is 1. The Morgan fingerprint density at radius 2 is 2.00 bits per heavy atom. The van der Waals surface area contributed by atoms with Crippen molar-refractivity contribution in [3.05, 3.63) is 62.4 Å². The van der Waals surface area contributed by atoms with Crippen LogP contribution in [-0.2, 0) is 0 Å². The van der Waals surface area contributed by atoms with E-state index in [0.717, 1.165) is 24.3 Å². The Labute approximate surface area is 126 Å². The molecule has 21 heavy (non-hydrogen) atoms. The van der Waals surface area contributed by atoms with Crippen LogP contribution < -0.4 is 5.32 Å². The Morgan fingerprint density at radius 1 is 1.29 bits per heavy atom. The van der Waals surface area contributed by atoms with E-state index < -0.39 is 22.3 Å². The number of halogens is 2. The molecule has 8 heteroatoms. The highest BCUT2D eigenvalue weighted by molar-refractivity contribution is 9.10. The van der Waals surface area contributed by atoms with E-state index in [9.17, 15) is 24.4 Å². The number of nitro benzene ring substituents is 1. The van der Waals surface area contributed by atoms with Gasteiger partial charge in [-0.05, 0) is 46.3 Å². The molecular weight excluding hydrogens is 347 g/mol. The first kappa shape index (κ1) is 14.9. The van der Waals surface area contributed by atoms with Gasteiger partial charge in [-0.15, -0.1) is 0 Å². The van der Waals surface area contributed by atoms with Gasteiger partial charge in [0.15, 0.2) is 0 Å². The first-order chi connectivity index (χ1) is 9.88. The zero-order valence-electron chi connectivity index (χ0n) is 10.3.